The van der Waals surface area contributed by atoms with E-state index in [-0.39, 0.29) is 12.5 Å². The van der Waals surface area contributed by atoms with E-state index in [0.29, 0.717) is 6.42 Å². The maximum Gasteiger partial charge on any atom is 0.339 e. The Morgan fingerprint density at radius 1 is 1.64 bits per heavy atom. The lowest BCUT2D eigenvalue weighted by Gasteiger charge is -2.22. The molecule has 1 unspecified atom stereocenters. The number of carbonyl (C=O) groups is 1. The molecule has 1 atom stereocenters. The number of alkyl halides is 2. The maximum atomic E-state index is 13.2. The van der Waals surface area contributed by atoms with Crippen LogP contribution in [0.1, 0.15) is 32.6 Å². The highest BCUT2D eigenvalue weighted by Crippen LogP contribution is 2.24. The smallest absolute Gasteiger partial charge is 0.339 e. The molecule has 0 radical (unpaired) electrons. The van der Waals surface area contributed by atoms with Crippen LogP contribution >= 0.6 is 0 Å². The van der Waals surface area contributed by atoms with Gasteiger partial charge in [-0.25, -0.2) is 0 Å². The summed E-state index contributed by atoms with van der Waals surface area (Å²) in [5, 5.41) is 2.26. The van der Waals surface area contributed by atoms with Crippen LogP contribution in [-0.2, 0) is 4.79 Å². The Morgan fingerprint density at radius 3 is 2.64 bits per heavy atom. The van der Waals surface area contributed by atoms with Crippen LogP contribution in [0.3, 0.4) is 0 Å². The molecule has 0 spiro atoms. The van der Waals surface area contributed by atoms with Gasteiger partial charge in [-0.05, 0) is 19.3 Å². The van der Waals surface area contributed by atoms with Crippen molar-refractivity contribution in [2.24, 2.45) is 5.73 Å². The predicted molar refractivity (Wildman–Crippen MR) is 49.0 cm³/mol. The lowest BCUT2D eigenvalue weighted by atomic mass is 10.1. The van der Waals surface area contributed by atoms with Crippen molar-refractivity contribution in [3.8, 4) is 0 Å². The number of hydrogen-bond acceptors (Lipinski definition) is 2. The number of carbonyl (C=O) groups excluding carboxylic acids is 1. The van der Waals surface area contributed by atoms with Gasteiger partial charge in [0.05, 0.1) is 6.04 Å². The zero-order valence-electron chi connectivity index (χ0n) is 8.22. The van der Waals surface area contributed by atoms with E-state index < -0.39 is 17.9 Å². The number of amides is 1. The van der Waals surface area contributed by atoms with Gasteiger partial charge < -0.3 is 11.1 Å². The maximum absolute atomic E-state index is 13.2. The number of nitrogens with one attached hydrogen (secondary N) is 1. The van der Waals surface area contributed by atoms with Crippen LogP contribution in [0.4, 0.5) is 8.78 Å². The summed E-state index contributed by atoms with van der Waals surface area (Å²) < 4.78 is 26.5. The lowest BCUT2D eigenvalue weighted by molar-refractivity contribution is -0.149. The Labute approximate surface area is 82.0 Å². The Hall–Kier alpha value is -0.710. The summed E-state index contributed by atoms with van der Waals surface area (Å²) in [6.07, 6.45) is 2.30. The molecule has 0 aromatic rings. The van der Waals surface area contributed by atoms with Crippen LogP contribution in [0.2, 0.25) is 0 Å². The molecular weight excluding hydrogens is 190 g/mol. The summed E-state index contributed by atoms with van der Waals surface area (Å²) in [5.41, 5.74) is 5.25. The molecule has 0 saturated heterocycles. The van der Waals surface area contributed by atoms with E-state index >= 15 is 0 Å². The molecule has 1 aliphatic rings. The van der Waals surface area contributed by atoms with Gasteiger partial charge in [-0.1, -0.05) is 13.3 Å². The van der Waals surface area contributed by atoms with Crippen LogP contribution in [-0.4, -0.2) is 23.9 Å². The SMILES string of the molecule is CCCC(N)C(F)(F)C(=O)NC1CC1. The van der Waals surface area contributed by atoms with Crippen molar-refractivity contribution in [3.63, 3.8) is 0 Å². The monoisotopic (exact) mass is 206 g/mol. The average Bonchev–Trinajstić information content (AvgIpc) is 2.88. The van der Waals surface area contributed by atoms with Gasteiger partial charge in [-0.2, -0.15) is 8.78 Å². The van der Waals surface area contributed by atoms with Crippen LogP contribution in [0, 0.1) is 0 Å². The zero-order valence-corrected chi connectivity index (χ0v) is 8.22. The molecule has 0 bridgehead atoms. The summed E-state index contributed by atoms with van der Waals surface area (Å²) in [4.78, 5) is 11.1. The summed E-state index contributed by atoms with van der Waals surface area (Å²) in [7, 11) is 0. The first-order chi connectivity index (χ1) is 6.48. The summed E-state index contributed by atoms with van der Waals surface area (Å²) >= 11 is 0. The molecule has 0 aliphatic heterocycles. The minimum absolute atomic E-state index is 0.0535. The Bertz CT molecular complexity index is 217. The van der Waals surface area contributed by atoms with Crippen molar-refractivity contribution < 1.29 is 13.6 Å². The molecular formula is C9H16F2N2O. The molecule has 1 amide bonds. The Kier molecular flexibility index (Phi) is 3.42. The fourth-order valence-electron chi connectivity index (χ4n) is 1.17. The first kappa shape index (κ1) is 11.4. The Morgan fingerprint density at radius 2 is 2.21 bits per heavy atom. The van der Waals surface area contributed by atoms with E-state index in [1.807, 2.05) is 0 Å². The second-order valence-electron chi connectivity index (χ2n) is 3.77. The molecule has 1 saturated carbocycles. The number of rotatable bonds is 5. The van der Waals surface area contributed by atoms with Crippen molar-refractivity contribution in [2.75, 3.05) is 0 Å². The van der Waals surface area contributed by atoms with Crippen molar-refractivity contribution in [2.45, 2.75) is 50.6 Å². The molecule has 0 aromatic heterocycles. The van der Waals surface area contributed by atoms with E-state index in [9.17, 15) is 13.6 Å². The lowest BCUT2D eigenvalue weighted by Crippen LogP contribution is -2.52. The van der Waals surface area contributed by atoms with Crippen LogP contribution in [0.25, 0.3) is 0 Å². The van der Waals surface area contributed by atoms with Crippen molar-refractivity contribution in [3.05, 3.63) is 0 Å². The summed E-state index contributed by atoms with van der Waals surface area (Å²) in [6.45, 7) is 1.76. The topological polar surface area (TPSA) is 55.1 Å². The summed E-state index contributed by atoms with van der Waals surface area (Å²) in [6, 6.07) is -1.42. The first-order valence-electron chi connectivity index (χ1n) is 4.92. The number of nitrogens with two attached hydrogens (primary N) is 1. The van der Waals surface area contributed by atoms with Crippen molar-refractivity contribution in [1.82, 2.24) is 5.32 Å². The highest BCUT2D eigenvalue weighted by molar-refractivity contribution is 5.84. The molecule has 0 aromatic carbocycles. The van der Waals surface area contributed by atoms with Crippen LogP contribution in [0.15, 0.2) is 0 Å². The van der Waals surface area contributed by atoms with Crippen molar-refractivity contribution >= 4 is 5.91 Å². The van der Waals surface area contributed by atoms with Crippen LogP contribution < -0.4 is 11.1 Å². The normalized spacial score (nSPS) is 19.1. The standard InChI is InChI=1S/C9H16F2N2O/c1-2-3-7(12)9(10,11)8(14)13-6-4-5-6/h6-7H,2-5,12H2,1H3,(H,13,14). The molecule has 5 heteroatoms. The predicted octanol–water partition coefficient (Wildman–Crippen LogP) is 1.03. The Balaban J connectivity index is 2.47. The molecule has 82 valence electrons. The van der Waals surface area contributed by atoms with Gasteiger partial charge in [-0.3, -0.25) is 4.79 Å². The first-order valence-corrected chi connectivity index (χ1v) is 4.92. The third kappa shape index (κ3) is 2.64. The minimum Gasteiger partial charge on any atom is -0.348 e. The second kappa shape index (κ2) is 4.21. The van der Waals surface area contributed by atoms with Gasteiger partial charge in [0.1, 0.15) is 0 Å². The zero-order chi connectivity index (χ0) is 10.8. The molecule has 3 N–H and O–H groups in total. The highest BCUT2D eigenvalue weighted by Gasteiger charge is 2.46. The highest BCUT2D eigenvalue weighted by atomic mass is 19.3. The van der Waals surface area contributed by atoms with Gasteiger partial charge in [0.25, 0.3) is 5.91 Å². The fraction of sp³-hybridized carbons (Fsp3) is 0.889. The van der Waals surface area contributed by atoms with Gasteiger partial charge in [0.15, 0.2) is 0 Å². The molecule has 14 heavy (non-hydrogen) atoms. The molecule has 3 nitrogen and oxygen atoms in total. The molecule has 1 rings (SSSR count). The van der Waals surface area contributed by atoms with E-state index in [1.54, 1.807) is 6.92 Å². The fourth-order valence-corrected chi connectivity index (χ4v) is 1.17. The van der Waals surface area contributed by atoms with E-state index in [1.165, 1.54) is 0 Å². The third-order valence-corrected chi connectivity index (χ3v) is 2.28. The van der Waals surface area contributed by atoms with E-state index in [0.717, 1.165) is 12.8 Å². The van der Waals surface area contributed by atoms with Crippen molar-refractivity contribution in [1.29, 1.82) is 0 Å². The van der Waals surface area contributed by atoms with Gasteiger partial charge in [-0.15, -0.1) is 0 Å². The van der Waals surface area contributed by atoms with Gasteiger partial charge in [0.2, 0.25) is 0 Å². The third-order valence-electron chi connectivity index (χ3n) is 2.28. The molecule has 1 aliphatic carbocycles. The van der Waals surface area contributed by atoms with Gasteiger partial charge >= 0.3 is 5.92 Å². The summed E-state index contributed by atoms with van der Waals surface area (Å²) in [5.74, 6) is -4.65. The number of hydrogen-bond donors (Lipinski definition) is 2. The minimum atomic E-state index is -3.43. The molecule has 1 fully saturated rings. The molecule has 0 heterocycles. The quantitative estimate of drug-likeness (QED) is 0.705. The largest absolute Gasteiger partial charge is 0.348 e. The van der Waals surface area contributed by atoms with Gasteiger partial charge in [0, 0.05) is 6.04 Å². The number of halogens is 2. The van der Waals surface area contributed by atoms with E-state index in [4.69, 9.17) is 5.73 Å². The van der Waals surface area contributed by atoms with Crippen LogP contribution in [0.5, 0.6) is 0 Å². The average molecular weight is 206 g/mol. The van der Waals surface area contributed by atoms with E-state index in [2.05, 4.69) is 5.32 Å². The second-order valence-corrected chi connectivity index (χ2v) is 3.77.